The molecule has 0 saturated heterocycles. The van der Waals surface area contributed by atoms with Crippen LogP contribution in [-0.4, -0.2) is 13.1 Å². The van der Waals surface area contributed by atoms with E-state index >= 15 is 0 Å². The van der Waals surface area contributed by atoms with Crippen LogP contribution in [0, 0.1) is 0 Å². The predicted molar refractivity (Wildman–Crippen MR) is 50.0 cm³/mol. The summed E-state index contributed by atoms with van der Waals surface area (Å²) in [7, 11) is 0. The highest BCUT2D eigenvalue weighted by Crippen LogP contribution is 2.11. The minimum atomic E-state index is -0.170. The molecule has 0 saturated carbocycles. The fourth-order valence-electron chi connectivity index (χ4n) is 1.01. The number of para-hydroxylation sites is 1. The van der Waals surface area contributed by atoms with Crippen molar-refractivity contribution in [2.75, 3.05) is 18.0 Å². The van der Waals surface area contributed by atoms with Gasteiger partial charge in [-0.1, -0.05) is 18.1 Å². The van der Waals surface area contributed by atoms with Gasteiger partial charge in [0.1, 0.15) is 0 Å². The van der Waals surface area contributed by atoms with Crippen molar-refractivity contribution in [2.45, 2.75) is 13.8 Å². The van der Waals surface area contributed by atoms with Crippen molar-refractivity contribution in [3.05, 3.63) is 30.2 Å². The van der Waals surface area contributed by atoms with Crippen LogP contribution in [0.3, 0.4) is 0 Å². The molecule has 60 valence electrons. The van der Waals surface area contributed by atoms with Gasteiger partial charge in [0.15, 0.2) is 0 Å². The SMILES string of the molecule is [2H]c1cc(N(CC)CC)c([2H])c([2H])c1[2H]. The van der Waals surface area contributed by atoms with Crippen LogP contribution in [0.4, 0.5) is 5.69 Å². The lowest BCUT2D eigenvalue weighted by Crippen LogP contribution is -2.21. The maximum Gasteiger partial charge on any atom is 0.0645 e. The highest BCUT2D eigenvalue weighted by Gasteiger charge is 1.97. The smallest absolute Gasteiger partial charge is 0.0645 e. The van der Waals surface area contributed by atoms with E-state index in [4.69, 9.17) is 5.48 Å². The van der Waals surface area contributed by atoms with Crippen LogP contribution in [0.1, 0.15) is 19.3 Å². The fraction of sp³-hybridized carbons (Fsp3) is 0.400. The zero-order valence-corrected chi connectivity index (χ0v) is 6.94. The van der Waals surface area contributed by atoms with E-state index in [1.165, 1.54) is 6.07 Å². The summed E-state index contributed by atoms with van der Waals surface area (Å²) in [6.45, 7) is 5.40. The van der Waals surface area contributed by atoms with Crippen LogP contribution in [-0.2, 0) is 0 Å². The molecule has 0 bridgehead atoms. The zero-order chi connectivity index (χ0) is 11.6. The standard InChI is InChI=1S/C10H15N/c1-3-11(4-2)10-8-6-5-7-9-10/h5-9H,3-4H2,1-2H3/i5D,6D,7D,8D. The van der Waals surface area contributed by atoms with Crippen molar-refractivity contribution < 1.29 is 5.48 Å². The van der Waals surface area contributed by atoms with Gasteiger partial charge in [0.2, 0.25) is 0 Å². The zero-order valence-electron chi connectivity index (χ0n) is 10.9. The molecule has 0 N–H and O–H groups in total. The molecule has 1 rings (SSSR count). The van der Waals surface area contributed by atoms with E-state index < -0.39 is 0 Å². The van der Waals surface area contributed by atoms with Gasteiger partial charge in [0, 0.05) is 18.8 Å². The summed E-state index contributed by atoms with van der Waals surface area (Å²) in [4.78, 5) is 1.91. The highest BCUT2D eigenvalue weighted by molar-refractivity contribution is 5.45. The number of rotatable bonds is 3. The van der Waals surface area contributed by atoms with Crippen LogP contribution >= 0.6 is 0 Å². The second kappa shape index (κ2) is 4.02. The summed E-state index contributed by atoms with van der Waals surface area (Å²) < 4.78 is 30.2. The molecular weight excluding hydrogens is 134 g/mol. The Morgan fingerprint density at radius 3 is 2.64 bits per heavy atom. The molecule has 0 fully saturated rings. The van der Waals surface area contributed by atoms with Crippen LogP contribution in [0.15, 0.2) is 30.2 Å². The normalized spacial score (nSPS) is 14.7. The summed E-state index contributed by atoms with van der Waals surface area (Å²) >= 11 is 0. The third-order valence-corrected chi connectivity index (χ3v) is 1.64. The van der Waals surface area contributed by atoms with Gasteiger partial charge in [0.25, 0.3) is 0 Å². The van der Waals surface area contributed by atoms with Gasteiger partial charge in [-0.05, 0) is 26.0 Å². The lowest BCUT2D eigenvalue weighted by atomic mass is 10.3. The molecule has 0 aliphatic heterocycles. The third kappa shape index (κ3) is 1.97. The number of anilines is 1. The summed E-state index contributed by atoms with van der Waals surface area (Å²) in [6.07, 6.45) is 0. The average Bonchev–Trinajstić information content (AvgIpc) is 2.24. The molecular formula is C10H15N. The van der Waals surface area contributed by atoms with Gasteiger partial charge in [-0.25, -0.2) is 0 Å². The van der Waals surface area contributed by atoms with Crippen molar-refractivity contribution in [3.63, 3.8) is 0 Å². The van der Waals surface area contributed by atoms with Gasteiger partial charge in [-0.15, -0.1) is 0 Å². The molecule has 0 aliphatic rings. The van der Waals surface area contributed by atoms with Crippen LogP contribution in [0.25, 0.3) is 0 Å². The molecule has 0 heterocycles. The highest BCUT2D eigenvalue weighted by atomic mass is 15.1. The summed E-state index contributed by atoms with van der Waals surface area (Å²) in [5.74, 6) is 0. The van der Waals surface area contributed by atoms with Gasteiger partial charge in [-0.2, -0.15) is 0 Å². The lowest BCUT2D eigenvalue weighted by Gasteiger charge is -2.20. The molecule has 0 atom stereocenters. The van der Waals surface area contributed by atoms with E-state index in [1.54, 1.807) is 0 Å². The molecule has 11 heavy (non-hydrogen) atoms. The molecule has 0 spiro atoms. The maximum atomic E-state index is 7.74. The minimum Gasteiger partial charge on any atom is -0.372 e. The van der Waals surface area contributed by atoms with Crippen molar-refractivity contribution in [1.82, 2.24) is 0 Å². The summed E-state index contributed by atoms with van der Waals surface area (Å²) in [6, 6.07) is 1.22. The molecule has 1 aromatic rings. The van der Waals surface area contributed by atoms with E-state index in [1.807, 2.05) is 18.7 Å². The van der Waals surface area contributed by atoms with E-state index in [0.717, 1.165) is 13.1 Å². The first kappa shape index (κ1) is 4.15. The van der Waals surface area contributed by atoms with Crippen molar-refractivity contribution in [1.29, 1.82) is 0 Å². The number of hydrogen-bond acceptors (Lipinski definition) is 1. The minimum absolute atomic E-state index is 0.0119. The van der Waals surface area contributed by atoms with Crippen molar-refractivity contribution in [2.24, 2.45) is 0 Å². The largest absolute Gasteiger partial charge is 0.372 e. The van der Waals surface area contributed by atoms with E-state index in [0.29, 0.717) is 5.69 Å². The topological polar surface area (TPSA) is 3.24 Å². The maximum absolute atomic E-state index is 7.74. The Kier molecular flexibility index (Phi) is 1.51. The molecule has 0 amide bonds. The lowest BCUT2D eigenvalue weighted by molar-refractivity contribution is 0.866. The van der Waals surface area contributed by atoms with Crippen LogP contribution in [0.5, 0.6) is 0 Å². The Morgan fingerprint density at radius 1 is 1.27 bits per heavy atom. The molecule has 0 aromatic heterocycles. The first-order chi connectivity index (χ1) is 7.02. The van der Waals surface area contributed by atoms with Gasteiger partial charge < -0.3 is 4.90 Å². The molecule has 0 unspecified atom stereocenters. The second-order valence-electron chi connectivity index (χ2n) is 2.22. The predicted octanol–water partition coefficient (Wildman–Crippen LogP) is 2.53. The second-order valence-corrected chi connectivity index (χ2v) is 2.22. The Labute approximate surface area is 74.3 Å². The van der Waals surface area contributed by atoms with Crippen molar-refractivity contribution >= 4 is 5.69 Å². The van der Waals surface area contributed by atoms with E-state index in [-0.39, 0.29) is 24.2 Å². The third-order valence-electron chi connectivity index (χ3n) is 1.64. The first-order valence-electron chi connectivity index (χ1n) is 5.85. The van der Waals surface area contributed by atoms with Gasteiger partial charge in [-0.3, -0.25) is 0 Å². The number of hydrogen-bond donors (Lipinski definition) is 0. The quantitative estimate of drug-likeness (QED) is 0.645. The number of nitrogens with zero attached hydrogens (tertiary/aromatic N) is 1. The fourth-order valence-corrected chi connectivity index (χ4v) is 1.01. The monoisotopic (exact) mass is 153 g/mol. The molecule has 0 radical (unpaired) electrons. The van der Waals surface area contributed by atoms with Crippen molar-refractivity contribution in [3.8, 4) is 0 Å². The van der Waals surface area contributed by atoms with Crippen LogP contribution in [0.2, 0.25) is 0 Å². The molecule has 1 aromatic carbocycles. The Balaban J connectivity index is 3.31. The van der Waals surface area contributed by atoms with Crippen LogP contribution < -0.4 is 4.90 Å². The Bertz CT molecular complexity index is 361. The Hall–Kier alpha value is -0.980. The number of benzene rings is 1. The summed E-state index contributed by atoms with van der Waals surface area (Å²) in [5.41, 5.74) is 0.575. The summed E-state index contributed by atoms with van der Waals surface area (Å²) in [5, 5.41) is 0. The van der Waals surface area contributed by atoms with E-state index in [2.05, 4.69) is 0 Å². The van der Waals surface area contributed by atoms with Gasteiger partial charge in [0.05, 0.1) is 5.48 Å². The van der Waals surface area contributed by atoms with E-state index in [9.17, 15) is 0 Å². The molecule has 1 nitrogen and oxygen atoms in total. The molecule has 0 aliphatic carbocycles. The first-order valence-corrected chi connectivity index (χ1v) is 3.85. The van der Waals surface area contributed by atoms with Gasteiger partial charge >= 0.3 is 0 Å². The Morgan fingerprint density at radius 2 is 2.00 bits per heavy atom. The molecule has 1 heteroatoms. The average molecular weight is 153 g/mol.